The van der Waals surface area contributed by atoms with Gasteiger partial charge in [-0.3, -0.25) is 0 Å². The Kier molecular flexibility index (Phi) is 7.79. The van der Waals surface area contributed by atoms with Gasteiger partial charge in [0.15, 0.2) is 11.6 Å². The van der Waals surface area contributed by atoms with Crippen LogP contribution in [0.2, 0.25) is 0 Å². The van der Waals surface area contributed by atoms with E-state index in [-0.39, 0.29) is 5.75 Å². The lowest BCUT2D eigenvalue weighted by Gasteiger charge is -2.26. The molecule has 2 heterocycles. The highest BCUT2D eigenvalue weighted by Gasteiger charge is 2.23. The molecular formula is C32H32F2N6O. The zero-order valence-electron chi connectivity index (χ0n) is 23.7. The van der Waals surface area contributed by atoms with Gasteiger partial charge in [-0.05, 0) is 86.0 Å². The summed E-state index contributed by atoms with van der Waals surface area (Å²) >= 11 is 0. The molecule has 2 aromatic heterocycles. The van der Waals surface area contributed by atoms with Crippen LogP contribution in [0.25, 0.3) is 28.0 Å². The third kappa shape index (κ3) is 6.40. The fraction of sp³-hybridized carbons (Fsp3) is 0.250. The number of amidine groups is 1. The van der Waals surface area contributed by atoms with Crippen LogP contribution in [-0.4, -0.2) is 38.2 Å². The van der Waals surface area contributed by atoms with Crippen molar-refractivity contribution in [1.82, 2.24) is 19.7 Å². The van der Waals surface area contributed by atoms with Crippen molar-refractivity contribution in [2.75, 3.05) is 11.4 Å². The van der Waals surface area contributed by atoms with E-state index in [1.807, 2.05) is 37.3 Å². The molecule has 0 spiro atoms. The van der Waals surface area contributed by atoms with E-state index in [2.05, 4.69) is 64.8 Å². The minimum Gasteiger partial charge on any atom is -0.433 e. The van der Waals surface area contributed by atoms with Crippen LogP contribution in [0.4, 0.5) is 20.3 Å². The van der Waals surface area contributed by atoms with Crippen molar-refractivity contribution in [2.45, 2.75) is 46.6 Å². The zero-order chi connectivity index (χ0) is 29.1. The van der Waals surface area contributed by atoms with E-state index in [9.17, 15) is 8.78 Å². The monoisotopic (exact) mass is 554 g/mol. The van der Waals surface area contributed by atoms with Gasteiger partial charge < -0.3 is 9.64 Å². The Morgan fingerprint density at radius 2 is 1.78 bits per heavy atom. The number of pyridine rings is 1. The molecule has 0 fully saturated rings. The standard InChI is InChI=1S/C32H32F2N6O/c1-6-39(29-10-8-7-9-27(29)21(2)3)22(4)36-30-18-12-23-19-24(11-17-28(23)37-30)31-35-20-40(38-31)25-13-15-26(16-14-25)41-32(5,33)34/h7-21H,6H2,1-5H3. The van der Waals surface area contributed by atoms with Gasteiger partial charge in [0.05, 0.1) is 11.2 Å². The summed E-state index contributed by atoms with van der Waals surface area (Å²) in [4.78, 5) is 16.3. The molecule has 5 rings (SSSR count). The summed E-state index contributed by atoms with van der Waals surface area (Å²) in [5.41, 5.74) is 4.77. The predicted molar refractivity (Wildman–Crippen MR) is 160 cm³/mol. The number of hydrogen-bond acceptors (Lipinski definition) is 5. The number of para-hydroxylation sites is 1. The second-order valence-corrected chi connectivity index (χ2v) is 10.1. The molecule has 5 aromatic rings. The Bertz CT molecular complexity index is 1690. The van der Waals surface area contributed by atoms with Gasteiger partial charge in [-0.2, -0.15) is 8.78 Å². The Morgan fingerprint density at radius 3 is 2.49 bits per heavy atom. The second kappa shape index (κ2) is 11.4. The molecule has 7 nitrogen and oxygen atoms in total. The molecule has 0 saturated heterocycles. The predicted octanol–water partition coefficient (Wildman–Crippen LogP) is 8.17. The fourth-order valence-corrected chi connectivity index (χ4v) is 4.73. The highest BCUT2D eigenvalue weighted by molar-refractivity contribution is 5.98. The van der Waals surface area contributed by atoms with Gasteiger partial charge in [0.1, 0.15) is 17.9 Å². The normalized spacial score (nSPS) is 12.2. The summed E-state index contributed by atoms with van der Waals surface area (Å²) in [7, 11) is 0. The fourth-order valence-electron chi connectivity index (χ4n) is 4.73. The van der Waals surface area contributed by atoms with E-state index in [1.54, 1.807) is 23.1 Å². The van der Waals surface area contributed by atoms with Gasteiger partial charge in [0.25, 0.3) is 0 Å². The van der Waals surface area contributed by atoms with Crippen molar-refractivity contribution in [3.8, 4) is 22.8 Å². The van der Waals surface area contributed by atoms with E-state index in [0.717, 1.165) is 34.5 Å². The summed E-state index contributed by atoms with van der Waals surface area (Å²) in [5, 5.41) is 5.50. The minimum absolute atomic E-state index is 0.0743. The lowest BCUT2D eigenvalue weighted by Crippen LogP contribution is -2.29. The maximum absolute atomic E-state index is 13.1. The van der Waals surface area contributed by atoms with Crippen molar-refractivity contribution < 1.29 is 13.5 Å². The highest BCUT2D eigenvalue weighted by atomic mass is 19.3. The second-order valence-electron chi connectivity index (χ2n) is 10.1. The number of ether oxygens (including phenoxy) is 1. The molecule has 0 bridgehead atoms. The molecule has 41 heavy (non-hydrogen) atoms. The number of fused-ring (bicyclic) bond motifs is 1. The van der Waals surface area contributed by atoms with Gasteiger partial charge in [0.2, 0.25) is 0 Å². The minimum atomic E-state index is -3.24. The zero-order valence-corrected chi connectivity index (χ0v) is 23.7. The number of anilines is 1. The van der Waals surface area contributed by atoms with Gasteiger partial charge in [0, 0.05) is 30.1 Å². The SMILES string of the molecule is CCN(C(C)=Nc1ccc2cc(-c3ncn(-c4ccc(OC(C)(F)F)cc4)n3)ccc2n1)c1ccccc1C(C)C. The van der Waals surface area contributed by atoms with Crippen LogP contribution in [0.3, 0.4) is 0 Å². The summed E-state index contributed by atoms with van der Waals surface area (Å²) in [5.74, 6) is 2.53. The van der Waals surface area contributed by atoms with Crippen molar-refractivity contribution in [2.24, 2.45) is 4.99 Å². The number of nitrogens with zero attached hydrogens (tertiary/aromatic N) is 6. The smallest absolute Gasteiger partial charge is 0.394 e. The van der Waals surface area contributed by atoms with E-state index < -0.39 is 6.11 Å². The first-order valence-corrected chi connectivity index (χ1v) is 13.5. The van der Waals surface area contributed by atoms with Gasteiger partial charge in [-0.25, -0.2) is 19.6 Å². The van der Waals surface area contributed by atoms with Crippen LogP contribution in [0, 0.1) is 0 Å². The van der Waals surface area contributed by atoms with Gasteiger partial charge in [-0.15, -0.1) is 5.10 Å². The summed E-state index contributed by atoms with van der Waals surface area (Å²) < 4.78 is 32.4. The average Bonchev–Trinajstić information content (AvgIpc) is 3.43. The molecule has 0 unspecified atom stereocenters. The molecule has 0 aliphatic heterocycles. The van der Waals surface area contributed by atoms with E-state index in [0.29, 0.717) is 30.2 Å². The molecule has 210 valence electrons. The lowest BCUT2D eigenvalue weighted by molar-refractivity contribution is -0.158. The number of aliphatic imine (C=N–C) groups is 1. The maximum Gasteiger partial charge on any atom is 0.394 e. The molecule has 0 aliphatic rings. The average molecular weight is 555 g/mol. The van der Waals surface area contributed by atoms with Crippen molar-refractivity contribution in [3.63, 3.8) is 0 Å². The number of alkyl halides is 2. The molecule has 0 aliphatic carbocycles. The molecular weight excluding hydrogens is 522 g/mol. The molecule has 0 amide bonds. The van der Waals surface area contributed by atoms with Crippen LogP contribution in [-0.2, 0) is 0 Å². The van der Waals surface area contributed by atoms with E-state index in [1.165, 1.54) is 17.7 Å². The first kappa shape index (κ1) is 27.9. The molecule has 9 heteroatoms. The lowest BCUT2D eigenvalue weighted by atomic mass is 10.0. The third-order valence-electron chi connectivity index (χ3n) is 6.66. The summed E-state index contributed by atoms with van der Waals surface area (Å²) in [6.07, 6.45) is -1.66. The highest BCUT2D eigenvalue weighted by Crippen LogP contribution is 2.29. The Morgan fingerprint density at radius 1 is 1.02 bits per heavy atom. The largest absolute Gasteiger partial charge is 0.433 e. The molecule has 0 radical (unpaired) electrons. The van der Waals surface area contributed by atoms with Gasteiger partial charge in [-0.1, -0.05) is 32.0 Å². The number of hydrogen-bond donors (Lipinski definition) is 0. The summed E-state index contributed by atoms with van der Waals surface area (Å²) in [6.45, 7) is 10.0. The van der Waals surface area contributed by atoms with Crippen LogP contribution in [0.5, 0.6) is 5.75 Å². The number of rotatable bonds is 8. The van der Waals surface area contributed by atoms with E-state index >= 15 is 0 Å². The van der Waals surface area contributed by atoms with Crippen molar-refractivity contribution in [3.05, 3.63) is 90.8 Å². The number of aromatic nitrogens is 4. The van der Waals surface area contributed by atoms with Crippen molar-refractivity contribution >= 4 is 28.2 Å². The van der Waals surface area contributed by atoms with Crippen LogP contribution in [0.1, 0.15) is 46.1 Å². The Balaban J connectivity index is 1.36. The van der Waals surface area contributed by atoms with Crippen molar-refractivity contribution in [1.29, 1.82) is 0 Å². The third-order valence-corrected chi connectivity index (χ3v) is 6.66. The summed E-state index contributed by atoms with van der Waals surface area (Å²) in [6, 6.07) is 24.4. The van der Waals surface area contributed by atoms with Crippen LogP contribution in [0.15, 0.2) is 90.2 Å². The number of halogens is 2. The Labute approximate surface area is 238 Å². The van der Waals surface area contributed by atoms with Crippen LogP contribution < -0.4 is 9.64 Å². The molecule has 0 saturated carbocycles. The maximum atomic E-state index is 13.1. The van der Waals surface area contributed by atoms with E-state index in [4.69, 9.17) is 9.98 Å². The first-order chi connectivity index (χ1) is 19.6. The topological polar surface area (TPSA) is 68.4 Å². The first-order valence-electron chi connectivity index (χ1n) is 13.5. The van der Waals surface area contributed by atoms with Gasteiger partial charge >= 0.3 is 6.11 Å². The number of benzene rings is 3. The van der Waals surface area contributed by atoms with Crippen LogP contribution >= 0.6 is 0 Å². The quantitative estimate of drug-likeness (QED) is 0.143. The Hall–Kier alpha value is -4.66. The molecule has 0 N–H and O–H groups in total. The molecule has 0 atom stereocenters. The molecule has 3 aromatic carbocycles.